The zero-order chi connectivity index (χ0) is 14.6. The van der Waals surface area contributed by atoms with Gasteiger partial charge in [0.15, 0.2) is 0 Å². The molecule has 2 atom stereocenters. The van der Waals surface area contributed by atoms with Crippen LogP contribution in [0.4, 0.5) is 0 Å². The molecular weight excluding hydrogens is 288 g/mol. The fraction of sp³-hybridized carbons (Fsp3) is 0.938. The number of nitrogens with one attached hydrogen (secondary N) is 1. The van der Waals surface area contributed by atoms with Crippen LogP contribution in [0.5, 0.6) is 0 Å². The van der Waals surface area contributed by atoms with E-state index >= 15 is 0 Å². The topological polar surface area (TPSA) is 64.3 Å². The van der Waals surface area contributed by atoms with E-state index in [0.29, 0.717) is 18.4 Å². The van der Waals surface area contributed by atoms with Crippen LogP contribution >= 0.6 is 12.4 Å². The Morgan fingerprint density at radius 3 is 2.57 bits per heavy atom. The fourth-order valence-electron chi connectivity index (χ4n) is 3.63. The van der Waals surface area contributed by atoms with E-state index in [0.717, 1.165) is 45.1 Å². The van der Waals surface area contributed by atoms with Gasteiger partial charge < -0.3 is 15.8 Å². The Morgan fingerprint density at radius 2 is 1.95 bits per heavy atom. The van der Waals surface area contributed by atoms with Gasteiger partial charge in [-0.2, -0.15) is 0 Å². The minimum absolute atomic E-state index is 0. The van der Waals surface area contributed by atoms with E-state index in [9.17, 15) is 4.79 Å². The first-order valence-corrected chi connectivity index (χ1v) is 8.22. The van der Waals surface area contributed by atoms with E-state index in [4.69, 9.17) is 10.5 Å². The maximum Gasteiger partial charge on any atom is 0.240 e. The van der Waals surface area contributed by atoms with Crippen LogP contribution in [0.1, 0.15) is 58.8 Å². The number of carbonyl (C=O) groups is 1. The molecule has 0 spiro atoms. The van der Waals surface area contributed by atoms with Gasteiger partial charge in [-0.1, -0.05) is 33.1 Å². The van der Waals surface area contributed by atoms with Crippen LogP contribution in [0.25, 0.3) is 0 Å². The number of nitrogens with two attached hydrogens (primary N) is 1. The molecule has 5 heteroatoms. The second kappa shape index (κ2) is 8.35. The van der Waals surface area contributed by atoms with E-state index in [1.165, 1.54) is 6.42 Å². The SMILES string of the molecule is CC(C)C1OCCCC1CNC(=O)C1(N)CCCCC1.Cl. The summed E-state index contributed by atoms with van der Waals surface area (Å²) < 4.78 is 5.87. The molecule has 0 radical (unpaired) electrons. The Kier molecular flexibility index (Phi) is 7.45. The Balaban J connectivity index is 0.00000220. The highest BCUT2D eigenvalue weighted by Gasteiger charge is 2.36. The zero-order valence-electron chi connectivity index (χ0n) is 13.4. The van der Waals surface area contributed by atoms with Gasteiger partial charge in [0.1, 0.15) is 0 Å². The van der Waals surface area contributed by atoms with E-state index in [2.05, 4.69) is 19.2 Å². The van der Waals surface area contributed by atoms with Crippen LogP contribution in [0.2, 0.25) is 0 Å². The molecule has 1 aliphatic carbocycles. The van der Waals surface area contributed by atoms with Crippen molar-refractivity contribution in [3.05, 3.63) is 0 Å². The fourth-order valence-corrected chi connectivity index (χ4v) is 3.63. The first-order chi connectivity index (χ1) is 9.53. The highest BCUT2D eigenvalue weighted by molar-refractivity contribution is 5.86. The molecule has 21 heavy (non-hydrogen) atoms. The Labute approximate surface area is 135 Å². The smallest absolute Gasteiger partial charge is 0.240 e. The molecule has 2 fully saturated rings. The summed E-state index contributed by atoms with van der Waals surface area (Å²) in [6.45, 7) is 5.95. The lowest BCUT2D eigenvalue weighted by atomic mass is 9.81. The van der Waals surface area contributed by atoms with Gasteiger partial charge in [-0.05, 0) is 31.6 Å². The predicted molar refractivity (Wildman–Crippen MR) is 87.6 cm³/mol. The molecule has 4 nitrogen and oxygen atoms in total. The average Bonchev–Trinajstić information content (AvgIpc) is 2.45. The Bertz CT molecular complexity index is 330. The van der Waals surface area contributed by atoms with Crippen molar-refractivity contribution in [1.82, 2.24) is 5.32 Å². The minimum Gasteiger partial charge on any atom is -0.378 e. The van der Waals surface area contributed by atoms with Gasteiger partial charge in [0, 0.05) is 19.1 Å². The molecule has 1 saturated heterocycles. The average molecular weight is 319 g/mol. The number of halogens is 1. The highest BCUT2D eigenvalue weighted by atomic mass is 35.5. The van der Waals surface area contributed by atoms with Crippen LogP contribution in [-0.2, 0) is 9.53 Å². The number of ether oxygens (including phenoxy) is 1. The molecule has 2 unspecified atom stereocenters. The van der Waals surface area contributed by atoms with E-state index in [1.54, 1.807) is 0 Å². The van der Waals surface area contributed by atoms with Gasteiger partial charge in [0.2, 0.25) is 5.91 Å². The van der Waals surface area contributed by atoms with Gasteiger partial charge in [-0.25, -0.2) is 0 Å². The quantitative estimate of drug-likeness (QED) is 0.837. The summed E-state index contributed by atoms with van der Waals surface area (Å²) in [6, 6.07) is 0. The van der Waals surface area contributed by atoms with Crippen molar-refractivity contribution in [3.63, 3.8) is 0 Å². The lowest BCUT2D eigenvalue weighted by Crippen LogP contribution is -2.56. The molecule has 1 aliphatic heterocycles. The van der Waals surface area contributed by atoms with Crippen LogP contribution in [0.3, 0.4) is 0 Å². The molecule has 0 aromatic heterocycles. The van der Waals surface area contributed by atoms with Crippen LogP contribution in [0.15, 0.2) is 0 Å². The number of carbonyl (C=O) groups excluding carboxylic acids is 1. The molecule has 2 rings (SSSR count). The molecular formula is C16H31ClN2O2. The number of hydrogen-bond acceptors (Lipinski definition) is 3. The maximum atomic E-state index is 12.4. The third-order valence-electron chi connectivity index (χ3n) is 4.87. The summed E-state index contributed by atoms with van der Waals surface area (Å²) in [5.74, 6) is 0.976. The summed E-state index contributed by atoms with van der Waals surface area (Å²) in [7, 11) is 0. The number of amides is 1. The van der Waals surface area contributed by atoms with Crippen LogP contribution in [-0.4, -0.2) is 30.7 Å². The maximum absolute atomic E-state index is 12.4. The lowest BCUT2D eigenvalue weighted by molar-refractivity contribution is -0.128. The summed E-state index contributed by atoms with van der Waals surface area (Å²) >= 11 is 0. The standard InChI is InChI=1S/C16H30N2O2.ClH/c1-12(2)14-13(7-6-10-20-14)11-18-15(19)16(17)8-4-3-5-9-16;/h12-14H,3-11,17H2,1-2H3,(H,18,19);1H. The third kappa shape index (κ3) is 4.83. The Morgan fingerprint density at radius 1 is 1.29 bits per heavy atom. The van der Waals surface area contributed by atoms with Crippen molar-refractivity contribution < 1.29 is 9.53 Å². The van der Waals surface area contributed by atoms with E-state index < -0.39 is 5.54 Å². The second-order valence-corrected chi connectivity index (χ2v) is 6.91. The molecule has 0 aromatic rings. The van der Waals surface area contributed by atoms with Crippen LogP contribution < -0.4 is 11.1 Å². The first kappa shape index (κ1) is 18.7. The van der Waals surface area contributed by atoms with Crippen molar-refractivity contribution in [2.75, 3.05) is 13.2 Å². The molecule has 1 saturated carbocycles. The van der Waals surface area contributed by atoms with Gasteiger partial charge in [0.05, 0.1) is 11.6 Å². The molecule has 2 aliphatic rings. The number of rotatable bonds is 4. The summed E-state index contributed by atoms with van der Waals surface area (Å²) in [5.41, 5.74) is 5.65. The minimum atomic E-state index is -0.624. The van der Waals surface area contributed by atoms with Crippen molar-refractivity contribution in [2.24, 2.45) is 17.6 Å². The van der Waals surface area contributed by atoms with E-state index in [1.807, 2.05) is 0 Å². The Hall–Kier alpha value is -0.320. The largest absolute Gasteiger partial charge is 0.378 e. The molecule has 0 aromatic carbocycles. The van der Waals surface area contributed by atoms with Gasteiger partial charge in [-0.15, -0.1) is 12.4 Å². The van der Waals surface area contributed by atoms with Gasteiger partial charge in [-0.3, -0.25) is 4.79 Å². The summed E-state index contributed by atoms with van der Waals surface area (Å²) in [4.78, 5) is 12.4. The van der Waals surface area contributed by atoms with Crippen molar-refractivity contribution in [2.45, 2.75) is 70.4 Å². The highest BCUT2D eigenvalue weighted by Crippen LogP contribution is 2.28. The third-order valence-corrected chi connectivity index (χ3v) is 4.87. The number of hydrogen-bond donors (Lipinski definition) is 2. The predicted octanol–water partition coefficient (Wildman–Crippen LogP) is 2.64. The summed E-state index contributed by atoms with van der Waals surface area (Å²) in [5, 5.41) is 3.10. The van der Waals surface area contributed by atoms with Crippen molar-refractivity contribution in [3.8, 4) is 0 Å². The molecule has 1 amide bonds. The molecule has 124 valence electrons. The molecule has 1 heterocycles. The first-order valence-electron chi connectivity index (χ1n) is 8.22. The normalized spacial score (nSPS) is 28.8. The lowest BCUT2D eigenvalue weighted by Gasteiger charge is -2.36. The summed E-state index contributed by atoms with van der Waals surface area (Å²) in [6.07, 6.45) is 7.51. The molecule has 3 N–H and O–H groups in total. The van der Waals surface area contributed by atoms with Crippen LogP contribution in [0, 0.1) is 11.8 Å². The zero-order valence-corrected chi connectivity index (χ0v) is 14.2. The van der Waals surface area contributed by atoms with Gasteiger partial charge in [0.25, 0.3) is 0 Å². The van der Waals surface area contributed by atoms with Crippen molar-refractivity contribution >= 4 is 18.3 Å². The monoisotopic (exact) mass is 318 g/mol. The second-order valence-electron chi connectivity index (χ2n) is 6.91. The molecule has 0 bridgehead atoms. The van der Waals surface area contributed by atoms with E-state index in [-0.39, 0.29) is 24.4 Å². The van der Waals surface area contributed by atoms with Crippen molar-refractivity contribution in [1.29, 1.82) is 0 Å². The van der Waals surface area contributed by atoms with Gasteiger partial charge >= 0.3 is 0 Å².